The number of ketones is 1. The summed E-state index contributed by atoms with van der Waals surface area (Å²) in [5.41, 5.74) is 0.752. The molecular weight excluding hydrogens is 458 g/mol. The summed E-state index contributed by atoms with van der Waals surface area (Å²) in [6.45, 7) is 1.46. The number of fused-ring (bicyclic) bond motifs is 2. The molecule has 3 atom stereocenters. The normalized spacial score (nSPS) is 25.3. The summed E-state index contributed by atoms with van der Waals surface area (Å²) in [7, 11) is 1.57. The second kappa shape index (κ2) is 8.99. The number of ether oxygens (including phenoxy) is 2. The van der Waals surface area contributed by atoms with Gasteiger partial charge in [0.15, 0.2) is 5.78 Å². The second-order valence-corrected chi connectivity index (χ2v) is 10.6. The van der Waals surface area contributed by atoms with E-state index in [-0.39, 0.29) is 24.3 Å². The van der Waals surface area contributed by atoms with Crippen LogP contribution in [0.5, 0.6) is 11.5 Å². The Balaban J connectivity index is 1.36. The van der Waals surface area contributed by atoms with Crippen molar-refractivity contribution in [3.8, 4) is 22.8 Å². The Labute approximate surface area is 202 Å². The zero-order valence-corrected chi connectivity index (χ0v) is 20.2. The summed E-state index contributed by atoms with van der Waals surface area (Å²) in [4.78, 5) is 26.9. The Hall–Kier alpha value is -2.58. The topological polar surface area (TPSA) is 69.0 Å². The van der Waals surface area contributed by atoms with Gasteiger partial charge < -0.3 is 13.9 Å². The number of nitrogens with zero attached hydrogens (tertiary/aromatic N) is 1. The van der Waals surface area contributed by atoms with Crippen molar-refractivity contribution in [3.63, 3.8) is 0 Å². The number of hydrogen-bond donors (Lipinski definition) is 0. The van der Waals surface area contributed by atoms with E-state index in [9.17, 15) is 9.59 Å². The van der Waals surface area contributed by atoms with Crippen molar-refractivity contribution in [1.29, 1.82) is 0 Å². The van der Waals surface area contributed by atoms with Crippen LogP contribution >= 0.6 is 24.0 Å². The van der Waals surface area contributed by atoms with Crippen LogP contribution in [0.2, 0.25) is 0 Å². The Kier molecular flexibility index (Phi) is 6.05. The summed E-state index contributed by atoms with van der Waals surface area (Å²) in [6.07, 6.45) is 6.54. The molecule has 2 heterocycles. The number of thiocarbonyl (C=S) groups is 1. The first-order valence-electron chi connectivity index (χ1n) is 11.1. The molecule has 172 valence electrons. The molecule has 2 aromatic rings. The van der Waals surface area contributed by atoms with E-state index in [1.165, 1.54) is 37.9 Å². The van der Waals surface area contributed by atoms with E-state index in [1.807, 2.05) is 23.1 Å². The van der Waals surface area contributed by atoms with Crippen molar-refractivity contribution in [1.82, 2.24) is 4.90 Å². The summed E-state index contributed by atoms with van der Waals surface area (Å²) in [6, 6.07) is 9.26. The highest BCUT2D eigenvalue weighted by Crippen LogP contribution is 2.49. The van der Waals surface area contributed by atoms with E-state index in [0.29, 0.717) is 38.2 Å². The lowest BCUT2D eigenvalue weighted by molar-refractivity contribution is -0.124. The quantitative estimate of drug-likeness (QED) is 0.390. The number of benzene rings is 1. The molecule has 5 rings (SSSR count). The van der Waals surface area contributed by atoms with Gasteiger partial charge in [-0.2, -0.15) is 0 Å². The molecule has 1 aromatic carbocycles. The first-order valence-corrected chi connectivity index (χ1v) is 12.3. The molecule has 3 aliphatic rings. The number of thioether (sulfide) groups is 1. The standard InChI is InChI=1S/C25H25NO5S2/c1-14(27)13-30-20-10-17(9-19(11-20)29-2)22-6-5-18(31-22)12-23-24(28)26(25(32)33-23)21-8-15-3-4-16(21)7-15/h5-6,9-12,15-16,21H,3-4,7-8,13H2,1-2H3/b23-12-. The number of rotatable bonds is 7. The zero-order chi connectivity index (χ0) is 23.1. The number of Topliss-reactive ketones (excluding diaryl/α,β-unsaturated/α-hetero) is 1. The van der Waals surface area contributed by atoms with Crippen molar-refractivity contribution in [3.05, 3.63) is 41.0 Å². The third-order valence-corrected chi connectivity index (χ3v) is 7.93. The molecule has 33 heavy (non-hydrogen) atoms. The number of methoxy groups -OCH3 is 1. The van der Waals surface area contributed by atoms with Crippen LogP contribution in [0.25, 0.3) is 17.4 Å². The Bertz CT molecular complexity index is 1150. The average molecular weight is 484 g/mol. The van der Waals surface area contributed by atoms with E-state index in [4.69, 9.17) is 26.1 Å². The maximum Gasteiger partial charge on any atom is 0.266 e. The predicted octanol–water partition coefficient (Wildman–Crippen LogP) is 5.31. The number of carbonyl (C=O) groups is 2. The van der Waals surface area contributed by atoms with Crippen LogP contribution in [-0.4, -0.2) is 40.7 Å². The van der Waals surface area contributed by atoms with Crippen LogP contribution in [-0.2, 0) is 9.59 Å². The minimum atomic E-state index is -0.0672. The van der Waals surface area contributed by atoms with Crippen molar-refractivity contribution in [2.45, 2.75) is 38.6 Å². The lowest BCUT2D eigenvalue weighted by Gasteiger charge is -2.30. The largest absolute Gasteiger partial charge is 0.497 e. The van der Waals surface area contributed by atoms with Gasteiger partial charge in [-0.15, -0.1) is 0 Å². The minimum Gasteiger partial charge on any atom is -0.497 e. The van der Waals surface area contributed by atoms with Crippen molar-refractivity contribution < 1.29 is 23.5 Å². The van der Waals surface area contributed by atoms with E-state index >= 15 is 0 Å². The monoisotopic (exact) mass is 483 g/mol. The van der Waals surface area contributed by atoms with Crippen LogP contribution in [0, 0.1) is 11.8 Å². The fraction of sp³-hybridized carbons (Fsp3) is 0.400. The highest BCUT2D eigenvalue weighted by molar-refractivity contribution is 8.26. The highest BCUT2D eigenvalue weighted by Gasteiger charge is 2.48. The molecule has 2 saturated carbocycles. The molecule has 6 nitrogen and oxygen atoms in total. The molecule has 3 unspecified atom stereocenters. The number of carbonyl (C=O) groups excluding carboxylic acids is 2. The SMILES string of the molecule is COc1cc(OCC(C)=O)cc(-c2ccc(/C=C3\SC(=S)N(C4CC5CCC4C5)C3=O)o2)c1. The minimum absolute atomic E-state index is 0.0122. The molecule has 1 saturated heterocycles. The molecule has 1 aliphatic heterocycles. The fourth-order valence-corrected chi connectivity index (χ4v) is 6.46. The van der Waals surface area contributed by atoms with Gasteiger partial charge in [0.1, 0.15) is 33.9 Å². The molecule has 1 aromatic heterocycles. The third-order valence-electron chi connectivity index (χ3n) is 6.60. The van der Waals surface area contributed by atoms with Gasteiger partial charge in [-0.3, -0.25) is 14.5 Å². The van der Waals surface area contributed by atoms with E-state index in [1.54, 1.807) is 25.3 Å². The van der Waals surface area contributed by atoms with Crippen LogP contribution in [0.4, 0.5) is 0 Å². The van der Waals surface area contributed by atoms with E-state index in [2.05, 4.69) is 0 Å². The maximum atomic E-state index is 13.2. The second-order valence-electron chi connectivity index (χ2n) is 8.88. The lowest BCUT2D eigenvalue weighted by Crippen LogP contribution is -2.41. The number of amides is 1. The Morgan fingerprint density at radius 1 is 1.24 bits per heavy atom. The highest BCUT2D eigenvalue weighted by atomic mass is 32.2. The third kappa shape index (κ3) is 4.46. The van der Waals surface area contributed by atoms with Gasteiger partial charge in [0.25, 0.3) is 5.91 Å². The van der Waals surface area contributed by atoms with Gasteiger partial charge in [-0.25, -0.2) is 0 Å². The Morgan fingerprint density at radius 2 is 2.06 bits per heavy atom. The van der Waals surface area contributed by atoms with Gasteiger partial charge in [0.2, 0.25) is 0 Å². The van der Waals surface area contributed by atoms with Crippen LogP contribution in [0.15, 0.2) is 39.7 Å². The fourth-order valence-electron chi connectivity index (χ4n) is 5.11. The zero-order valence-electron chi connectivity index (χ0n) is 18.5. The molecule has 2 bridgehead atoms. The number of hydrogen-bond acceptors (Lipinski definition) is 7. The summed E-state index contributed by atoms with van der Waals surface area (Å²) in [5.74, 6) is 3.54. The summed E-state index contributed by atoms with van der Waals surface area (Å²) >= 11 is 6.93. The van der Waals surface area contributed by atoms with Gasteiger partial charge in [0, 0.05) is 23.7 Å². The summed E-state index contributed by atoms with van der Waals surface area (Å²) < 4.78 is 17.6. The van der Waals surface area contributed by atoms with E-state index in [0.717, 1.165) is 17.9 Å². The molecule has 8 heteroatoms. The molecule has 0 radical (unpaired) electrons. The van der Waals surface area contributed by atoms with Crippen LogP contribution < -0.4 is 9.47 Å². The smallest absolute Gasteiger partial charge is 0.266 e. The van der Waals surface area contributed by atoms with Crippen molar-refractivity contribution in [2.24, 2.45) is 11.8 Å². The molecule has 0 N–H and O–H groups in total. The first-order chi connectivity index (χ1) is 15.9. The van der Waals surface area contributed by atoms with Gasteiger partial charge >= 0.3 is 0 Å². The Morgan fingerprint density at radius 3 is 2.76 bits per heavy atom. The van der Waals surface area contributed by atoms with Gasteiger partial charge in [0.05, 0.1) is 12.0 Å². The van der Waals surface area contributed by atoms with Crippen LogP contribution in [0.1, 0.15) is 38.4 Å². The molecule has 1 amide bonds. The predicted molar refractivity (Wildman–Crippen MR) is 131 cm³/mol. The molecule has 0 spiro atoms. The van der Waals surface area contributed by atoms with Gasteiger partial charge in [-0.1, -0.05) is 30.4 Å². The van der Waals surface area contributed by atoms with Crippen molar-refractivity contribution >= 4 is 46.1 Å². The maximum absolute atomic E-state index is 13.2. The lowest BCUT2D eigenvalue weighted by atomic mass is 9.94. The van der Waals surface area contributed by atoms with Gasteiger partial charge in [-0.05, 0) is 62.3 Å². The molecule has 3 fully saturated rings. The summed E-state index contributed by atoms with van der Waals surface area (Å²) in [5, 5.41) is 0. The number of furan rings is 1. The van der Waals surface area contributed by atoms with Crippen molar-refractivity contribution in [2.75, 3.05) is 13.7 Å². The van der Waals surface area contributed by atoms with Crippen LogP contribution in [0.3, 0.4) is 0 Å². The van der Waals surface area contributed by atoms with E-state index < -0.39 is 0 Å². The first kappa shape index (κ1) is 22.2. The molecule has 2 aliphatic carbocycles. The average Bonchev–Trinajstić information content (AvgIpc) is 3.58. The molecular formula is C25H25NO5S2.